The van der Waals surface area contributed by atoms with Crippen LogP contribution in [0, 0.1) is 5.82 Å². The van der Waals surface area contributed by atoms with Gasteiger partial charge in [0.1, 0.15) is 5.82 Å². The van der Waals surface area contributed by atoms with Gasteiger partial charge in [-0.05, 0) is 30.5 Å². The summed E-state index contributed by atoms with van der Waals surface area (Å²) in [6, 6.07) is 4.98. The summed E-state index contributed by atoms with van der Waals surface area (Å²) in [4.78, 5) is 0. The monoisotopic (exact) mass is 302 g/mol. The average molecular weight is 303 g/mol. The Morgan fingerprint density at radius 1 is 1.25 bits per heavy atom. The number of rotatable bonds is 3. The van der Waals surface area contributed by atoms with Crippen LogP contribution in [0.15, 0.2) is 22.7 Å². The highest BCUT2D eigenvalue weighted by Crippen LogP contribution is 2.32. The van der Waals surface area contributed by atoms with E-state index in [4.69, 9.17) is 0 Å². The lowest BCUT2D eigenvalue weighted by molar-refractivity contribution is 0.516. The highest BCUT2D eigenvalue weighted by Gasteiger charge is 2.14. The van der Waals surface area contributed by atoms with E-state index < -0.39 is 0 Å². The molecule has 2 rings (SSSR count). The van der Waals surface area contributed by atoms with E-state index in [1.165, 1.54) is 37.7 Å². The Kier molecular flexibility index (Phi) is 4.71. The third-order valence-electron chi connectivity index (χ3n) is 3.04. The number of halogens is 2. The molecule has 16 heavy (non-hydrogen) atoms. The van der Waals surface area contributed by atoms with Crippen molar-refractivity contribution in [2.24, 2.45) is 0 Å². The zero-order valence-electron chi connectivity index (χ0n) is 9.22. The Bertz CT molecular complexity index is 348. The Morgan fingerprint density at radius 2 is 2.00 bits per heavy atom. The van der Waals surface area contributed by atoms with Gasteiger partial charge in [0, 0.05) is 15.5 Å². The first-order valence-corrected chi connectivity index (χ1v) is 7.65. The van der Waals surface area contributed by atoms with Crippen molar-refractivity contribution in [3.63, 3.8) is 0 Å². The molecule has 0 radical (unpaired) electrons. The molecule has 0 heterocycles. The first-order chi connectivity index (χ1) is 7.75. The Morgan fingerprint density at radius 3 is 2.69 bits per heavy atom. The Hall–Kier alpha value is -0.0200. The zero-order chi connectivity index (χ0) is 11.4. The van der Waals surface area contributed by atoms with Gasteiger partial charge in [-0.1, -0.05) is 41.3 Å². The second-order valence-electron chi connectivity index (χ2n) is 4.31. The van der Waals surface area contributed by atoms with Crippen molar-refractivity contribution in [3.8, 4) is 0 Å². The summed E-state index contributed by atoms with van der Waals surface area (Å²) in [5.41, 5.74) is 1.21. The minimum absolute atomic E-state index is 0.168. The molecular weight excluding hydrogens is 287 g/mol. The van der Waals surface area contributed by atoms with Gasteiger partial charge in [-0.25, -0.2) is 4.39 Å². The third-order valence-corrected chi connectivity index (χ3v) is 5.20. The van der Waals surface area contributed by atoms with Crippen molar-refractivity contribution in [2.75, 3.05) is 0 Å². The van der Waals surface area contributed by atoms with E-state index in [2.05, 4.69) is 15.9 Å². The van der Waals surface area contributed by atoms with Crippen LogP contribution in [0.1, 0.15) is 37.7 Å². The van der Waals surface area contributed by atoms with Crippen LogP contribution in [0.5, 0.6) is 0 Å². The molecule has 0 unspecified atom stereocenters. The molecule has 1 aromatic carbocycles. The number of thioether (sulfide) groups is 1. The molecule has 0 aromatic heterocycles. The first-order valence-electron chi connectivity index (χ1n) is 5.81. The molecule has 1 fully saturated rings. The van der Waals surface area contributed by atoms with Crippen molar-refractivity contribution in [1.82, 2.24) is 0 Å². The lowest BCUT2D eigenvalue weighted by Crippen LogP contribution is -2.08. The van der Waals surface area contributed by atoms with Gasteiger partial charge in [0.15, 0.2) is 0 Å². The molecule has 0 amide bonds. The summed E-state index contributed by atoms with van der Waals surface area (Å²) < 4.78 is 13.8. The van der Waals surface area contributed by atoms with Gasteiger partial charge in [-0.3, -0.25) is 0 Å². The van der Waals surface area contributed by atoms with Crippen LogP contribution in [0.2, 0.25) is 0 Å². The fraction of sp³-hybridized carbons (Fsp3) is 0.538. The highest BCUT2D eigenvalue weighted by molar-refractivity contribution is 9.10. The van der Waals surface area contributed by atoms with Gasteiger partial charge < -0.3 is 0 Å². The van der Waals surface area contributed by atoms with E-state index in [0.717, 1.165) is 15.5 Å². The van der Waals surface area contributed by atoms with E-state index in [-0.39, 0.29) is 5.82 Å². The second-order valence-corrected chi connectivity index (χ2v) is 6.45. The standard InChI is InChI=1S/C13H16BrFS/c14-13-8-11(15)7-6-10(13)9-16-12-4-2-1-3-5-12/h6-8,12H,1-5,9H2. The van der Waals surface area contributed by atoms with E-state index >= 15 is 0 Å². The molecule has 3 heteroatoms. The van der Waals surface area contributed by atoms with Gasteiger partial charge in [-0.2, -0.15) is 11.8 Å². The minimum atomic E-state index is -0.168. The molecule has 1 aliphatic rings. The summed E-state index contributed by atoms with van der Waals surface area (Å²) in [6.45, 7) is 0. The van der Waals surface area contributed by atoms with Crippen LogP contribution in [-0.4, -0.2) is 5.25 Å². The molecule has 0 bridgehead atoms. The maximum atomic E-state index is 12.9. The predicted octanol–water partition coefficient (Wildman–Crippen LogP) is 5.15. The summed E-state index contributed by atoms with van der Waals surface area (Å²) in [5, 5.41) is 0.811. The largest absolute Gasteiger partial charge is 0.207 e. The zero-order valence-corrected chi connectivity index (χ0v) is 11.6. The number of hydrogen-bond acceptors (Lipinski definition) is 1. The van der Waals surface area contributed by atoms with E-state index in [1.807, 2.05) is 17.8 Å². The smallest absolute Gasteiger partial charge is 0.124 e. The van der Waals surface area contributed by atoms with Gasteiger partial charge in [-0.15, -0.1) is 0 Å². The SMILES string of the molecule is Fc1ccc(CSC2CCCCC2)c(Br)c1. The van der Waals surface area contributed by atoms with Crippen LogP contribution >= 0.6 is 27.7 Å². The molecule has 88 valence electrons. The molecule has 0 saturated heterocycles. The molecule has 0 N–H and O–H groups in total. The molecule has 0 spiro atoms. The van der Waals surface area contributed by atoms with E-state index in [1.54, 1.807) is 12.1 Å². The molecule has 1 aliphatic carbocycles. The average Bonchev–Trinajstić information content (AvgIpc) is 2.29. The van der Waals surface area contributed by atoms with Crippen LogP contribution in [-0.2, 0) is 5.75 Å². The molecule has 0 atom stereocenters. The van der Waals surface area contributed by atoms with Gasteiger partial charge in [0.05, 0.1) is 0 Å². The molecule has 1 aromatic rings. The van der Waals surface area contributed by atoms with Crippen molar-refractivity contribution < 1.29 is 4.39 Å². The van der Waals surface area contributed by atoms with Gasteiger partial charge in [0.25, 0.3) is 0 Å². The fourth-order valence-corrected chi connectivity index (χ4v) is 4.09. The van der Waals surface area contributed by atoms with Gasteiger partial charge >= 0.3 is 0 Å². The molecule has 0 aliphatic heterocycles. The summed E-state index contributed by atoms with van der Waals surface area (Å²) in [7, 11) is 0. The highest BCUT2D eigenvalue weighted by atomic mass is 79.9. The van der Waals surface area contributed by atoms with Crippen molar-refractivity contribution >= 4 is 27.7 Å². The third kappa shape index (κ3) is 3.49. The normalized spacial score (nSPS) is 17.6. The van der Waals surface area contributed by atoms with Crippen molar-refractivity contribution in [1.29, 1.82) is 0 Å². The van der Waals surface area contributed by atoms with Crippen LogP contribution < -0.4 is 0 Å². The molecular formula is C13H16BrFS. The summed E-state index contributed by atoms with van der Waals surface area (Å²) in [6.07, 6.45) is 6.86. The Labute approximate surface area is 109 Å². The Balaban J connectivity index is 1.88. The van der Waals surface area contributed by atoms with Crippen LogP contribution in [0.25, 0.3) is 0 Å². The van der Waals surface area contributed by atoms with Crippen molar-refractivity contribution in [3.05, 3.63) is 34.1 Å². The first kappa shape index (κ1) is 12.4. The minimum Gasteiger partial charge on any atom is -0.207 e. The molecule has 1 saturated carbocycles. The van der Waals surface area contributed by atoms with Crippen LogP contribution in [0.3, 0.4) is 0 Å². The van der Waals surface area contributed by atoms with E-state index in [0.29, 0.717) is 0 Å². The second kappa shape index (κ2) is 6.06. The van der Waals surface area contributed by atoms with Gasteiger partial charge in [0.2, 0.25) is 0 Å². The number of benzene rings is 1. The number of hydrogen-bond donors (Lipinski definition) is 0. The van der Waals surface area contributed by atoms with Crippen molar-refractivity contribution in [2.45, 2.75) is 43.1 Å². The topological polar surface area (TPSA) is 0 Å². The lowest BCUT2D eigenvalue weighted by Gasteiger charge is -2.21. The summed E-state index contributed by atoms with van der Waals surface area (Å²) >= 11 is 5.44. The lowest BCUT2D eigenvalue weighted by atomic mass is 10.0. The van der Waals surface area contributed by atoms with E-state index in [9.17, 15) is 4.39 Å². The molecule has 0 nitrogen and oxygen atoms in total. The maximum Gasteiger partial charge on any atom is 0.124 e. The quantitative estimate of drug-likeness (QED) is 0.743. The maximum absolute atomic E-state index is 12.9. The van der Waals surface area contributed by atoms with Crippen LogP contribution in [0.4, 0.5) is 4.39 Å². The summed E-state index contributed by atoms with van der Waals surface area (Å²) in [5.74, 6) is 0.823. The predicted molar refractivity (Wildman–Crippen MR) is 72.3 cm³/mol. The fourth-order valence-electron chi connectivity index (χ4n) is 2.08.